The van der Waals surface area contributed by atoms with Crippen LogP contribution in [-0.4, -0.2) is 46.6 Å². The first-order valence-corrected chi connectivity index (χ1v) is 6.04. The molecule has 0 saturated carbocycles. The van der Waals surface area contributed by atoms with E-state index >= 15 is 0 Å². The Kier molecular flexibility index (Phi) is 3.19. The third-order valence-electron chi connectivity index (χ3n) is 3.17. The molecule has 1 aliphatic heterocycles. The number of hydrogen-bond donors (Lipinski definition) is 1. The first-order valence-electron chi connectivity index (χ1n) is 6.04. The van der Waals surface area contributed by atoms with E-state index in [0.29, 0.717) is 5.69 Å². The van der Waals surface area contributed by atoms with Crippen LogP contribution in [0.4, 0.5) is 11.6 Å². The molecule has 2 N–H and O–H groups in total. The zero-order valence-electron chi connectivity index (χ0n) is 10.8. The number of anilines is 2. The first kappa shape index (κ1) is 12.1. The van der Waals surface area contributed by atoms with Crippen LogP contribution in [0.3, 0.4) is 0 Å². The minimum Gasteiger partial charge on any atom is -0.396 e. The lowest BCUT2D eigenvalue weighted by molar-refractivity contribution is 0.128. The van der Waals surface area contributed by atoms with Crippen molar-refractivity contribution in [1.82, 2.24) is 14.9 Å². The number of nitrogen functional groups attached to an aromatic ring is 1. The van der Waals surface area contributed by atoms with E-state index in [9.17, 15) is 0 Å². The van der Waals surface area contributed by atoms with Crippen molar-refractivity contribution >= 4 is 11.6 Å². The monoisotopic (exact) mass is 235 g/mol. The van der Waals surface area contributed by atoms with Gasteiger partial charge < -0.3 is 10.6 Å². The van der Waals surface area contributed by atoms with Gasteiger partial charge in [0.2, 0.25) is 5.95 Å². The van der Waals surface area contributed by atoms with Gasteiger partial charge in [-0.1, -0.05) is 0 Å². The number of hydrogen-bond acceptors (Lipinski definition) is 5. The van der Waals surface area contributed by atoms with Gasteiger partial charge in [-0.3, -0.25) is 4.90 Å². The summed E-state index contributed by atoms with van der Waals surface area (Å²) in [7, 11) is 0. The topological polar surface area (TPSA) is 58.3 Å². The third kappa shape index (κ3) is 2.85. The fourth-order valence-electron chi connectivity index (χ4n) is 2.07. The van der Waals surface area contributed by atoms with Gasteiger partial charge in [-0.2, -0.15) is 0 Å². The summed E-state index contributed by atoms with van der Waals surface area (Å²) < 4.78 is 0. The molecule has 0 atom stereocenters. The van der Waals surface area contributed by atoms with Gasteiger partial charge in [0.25, 0.3) is 0 Å². The lowest BCUT2D eigenvalue weighted by atomic mass is 10.1. The molecule has 1 aliphatic rings. The Morgan fingerprint density at radius 1 is 1.06 bits per heavy atom. The van der Waals surface area contributed by atoms with E-state index in [4.69, 9.17) is 5.73 Å². The molecule has 0 amide bonds. The summed E-state index contributed by atoms with van der Waals surface area (Å²) >= 11 is 0. The molecule has 0 unspecified atom stereocenters. The quantitative estimate of drug-likeness (QED) is 0.786. The van der Waals surface area contributed by atoms with E-state index in [-0.39, 0.29) is 5.54 Å². The molecular formula is C12H21N5. The van der Waals surface area contributed by atoms with Crippen LogP contribution in [0, 0.1) is 0 Å². The molecule has 0 spiro atoms. The van der Waals surface area contributed by atoms with Crippen LogP contribution in [0.15, 0.2) is 12.4 Å². The number of rotatable bonds is 1. The van der Waals surface area contributed by atoms with Crippen molar-refractivity contribution in [2.24, 2.45) is 0 Å². The van der Waals surface area contributed by atoms with Crippen LogP contribution in [0.25, 0.3) is 0 Å². The van der Waals surface area contributed by atoms with Crippen molar-refractivity contribution in [3.8, 4) is 0 Å². The molecular weight excluding hydrogens is 214 g/mol. The van der Waals surface area contributed by atoms with Gasteiger partial charge in [0.15, 0.2) is 0 Å². The molecule has 2 rings (SSSR count). The number of nitrogens with two attached hydrogens (primary N) is 1. The highest BCUT2D eigenvalue weighted by atomic mass is 15.3. The summed E-state index contributed by atoms with van der Waals surface area (Å²) in [5.41, 5.74) is 6.44. The van der Waals surface area contributed by atoms with Crippen molar-refractivity contribution in [3.05, 3.63) is 12.4 Å². The van der Waals surface area contributed by atoms with Crippen molar-refractivity contribution in [3.63, 3.8) is 0 Å². The highest BCUT2D eigenvalue weighted by Crippen LogP contribution is 2.18. The number of aromatic nitrogens is 2. The molecule has 0 aliphatic carbocycles. The SMILES string of the molecule is CC(C)(C)N1CCN(c2ncc(N)cn2)CC1. The molecule has 1 fully saturated rings. The Balaban J connectivity index is 1.97. The smallest absolute Gasteiger partial charge is 0.225 e. The van der Waals surface area contributed by atoms with Crippen molar-refractivity contribution < 1.29 is 0 Å². The molecule has 17 heavy (non-hydrogen) atoms. The van der Waals surface area contributed by atoms with Crippen molar-refractivity contribution in [2.75, 3.05) is 36.8 Å². The van der Waals surface area contributed by atoms with Crippen LogP contribution >= 0.6 is 0 Å². The number of piperazine rings is 1. The van der Waals surface area contributed by atoms with Gasteiger partial charge in [-0.05, 0) is 20.8 Å². The largest absolute Gasteiger partial charge is 0.396 e. The zero-order chi connectivity index (χ0) is 12.5. The second-order valence-electron chi connectivity index (χ2n) is 5.46. The maximum Gasteiger partial charge on any atom is 0.225 e. The lowest BCUT2D eigenvalue weighted by Gasteiger charge is -2.42. The van der Waals surface area contributed by atoms with Gasteiger partial charge in [0, 0.05) is 31.7 Å². The highest BCUT2D eigenvalue weighted by Gasteiger charge is 2.26. The van der Waals surface area contributed by atoms with Gasteiger partial charge in [0.1, 0.15) is 0 Å². The van der Waals surface area contributed by atoms with Crippen LogP contribution in [0.5, 0.6) is 0 Å². The van der Waals surface area contributed by atoms with Gasteiger partial charge >= 0.3 is 0 Å². The van der Waals surface area contributed by atoms with Crippen molar-refractivity contribution in [1.29, 1.82) is 0 Å². The molecule has 1 saturated heterocycles. The summed E-state index contributed by atoms with van der Waals surface area (Å²) in [6.45, 7) is 10.8. The maximum atomic E-state index is 5.58. The van der Waals surface area contributed by atoms with Crippen LogP contribution in [0.2, 0.25) is 0 Å². The van der Waals surface area contributed by atoms with Gasteiger partial charge in [-0.25, -0.2) is 9.97 Å². The first-order chi connectivity index (χ1) is 7.97. The minimum absolute atomic E-state index is 0.244. The molecule has 0 aromatic carbocycles. The summed E-state index contributed by atoms with van der Waals surface area (Å²) in [5, 5.41) is 0. The summed E-state index contributed by atoms with van der Waals surface area (Å²) in [5.74, 6) is 0.785. The molecule has 5 nitrogen and oxygen atoms in total. The Hall–Kier alpha value is -1.36. The Bertz CT molecular complexity index is 359. The average molecular weight is 235 g/mol. The van der Waals surface area contributed by atoms with E-state index in [0.717, 1.165) is 32.1 Å². The molecule has 1 aromatic rings. The molecule has 1 aromatic heterocycles. The average Bonchev–Trinajstić information content (AvgIpc) is 2.29. The predicted molar refractivity (Wildman–Crippen MR) is 70.0 cm³/mol. The zero-order valence-corrected chi connectivity index (χ0v) is 10.8. The predicted octanol–water partition coefficient (Wildman–Crippen LogP) is 0.979. The van der Waals surface area contributed by atoms with E-state index in [1.54, 1.807) is 12.4 Å². The minimum atomic E-state index is 0.244. The normalized spacial score (nSPS) is 18.4. The second-order valence-corrected chi connectivity index (χ2v) is 5.46. The van der Waals surface area contributed by atoms with E-state index in [1.165, 1.54) is 0 Å². The second kappa shape index (κ2) is 4.49. The fraction of sp³-hybridized carbons (Fsp3) is 0.667. The highest BCUT2D eigenvalue weighted by molar-refractivity contribution is 5.38. The van der Waals surface area contributed by atoms with E-state index in [1.807, 2.05) is 0 Å². The lowest BCUT2D eigenvalue weighted by Crippen LogP contribution is -2.53. The van der Waals surface area contributed by atoms with E-state index in [2.05, 4.69) is 40.5 Å². The summed E-state index contributed by atoms with van der Waals surface area (Å²) in [6.07, 6.45) is 3.33. The van der Waals surface area contributed by atoms with E-state index < -0.39 is 0 Å². The molecule has 5 heteroatoms. The van der Waals surface area contributed by atoms with Crippen LogP contribution in [-0.2, 0) is 0 Å². The molecule has 0 radical (unpaired) electrons. The molecule has 2 heterocycles. The standard InChI is InChI=1S/C12H21N5/c1-12(2,3)17-6-4-16(5-7-17)11-14-8-10(13)9-15-11/h8-9H,4-7,13H2,1-3H3. The molecule has 94 valence electrons. The third-order valence-corrected chi connectivity index (χ3v) is 3.17. The number of nitrogens with zero attached hydrogens (tertiary/aromatic N) is 4. The Morgan fingerprint density at radius 2 is 1.59 bits per heavy atom. The Morgan fingerprint density at radius 3 is 2.06 bits per heavy atom. The van der Waals surface area contributed by atoms with Crippen LogP contribution < -0.4 is 10.6 Å². The fourth-order valence-corrected chi connectivity index (χ4v) is 2.07. The van der Waals surface area contributed by atoms with Gasteiger partial charge in [0.05, 0.1) is 18.1 Å². The summed E-state index contributed by atoms with van der Waals surface area (Å²) in [6, 6.07) is 0. The van der Waals surface area contributed by atoms with Crippen LogP contribution in [0.1, 0.15) is 20.8 Å². The Labute approximate surface area is 103 Å². The maximum absolute atomic E-state index is 5.58. The van der Waals surface area contributed by atoms with Crippen molar-refractivity contribution in [2.45, 2.75) is 26.3 Å². The molecule has 0 bridgehead atoms. The van der Waals surface area contributed by atoms with Gasteiger partial charge in [-0.15, -0.1) is 0 Å². The summed E-state index contributed by atoms with van der Waals surface area (Å²) in [4.78, 5) is 13.2.